The van der Waals surface area contributed by atoms with Crippen molar-refractivity contribution in [2.24, 2.45) is 4.99 Å². The molecule has 1 atom stereocenters. The summed E-state index contributed by atoms with van der Waals surface area (Å²) in [6.45, 7) is 2.19. The van der Waals surface area contributed by atoms with Gasteiger partial charge in [0, 0.05) is 27.2 Å². The molecular formula is C29H29FN5O2+. The molecule has 0 saturated carbocycles. The number of rotatable bonds is 8. The Morgan fingerprint density at radius 3 is 1.92 bits per heavy atom. The number of imide groups is 1. The van der Waals surface area contributed by atoms with Gasteiger partial charge in [0.25, 0.3) is 17.8 Å². The van der Waals surface area contributed by atoms with Crippen molar-refractivity contribution in [2.45, 2.75) is 25.7 Å². The van der Waals surface area contributed by atoms with Gasteiger partial charge in [-0.1, -0.05) is 72.8 Å². The van der Waals surface area contributed by atoms with E-state index in [1.54, 1.807) is 19.2 Å². The Morgan fingerprint density at radius 1 is 0.784 bits per heavy atom. The maximum Gasteiger partial charge on any atom is 0.333 e. The Balaban J connectivity index is 1.53. The van der Waals surface area contributed by atoms with Crippen molar-refractivity contribution in [2.75, 3.05) is 20.6 Å². The molecular weight excluding hydrogens is 469 g/mol. The first-order valence-electron chi connectivity index (χ1n) is 12.2. The minimum atomic E-state index is -0.719. The Morgan fingerprint density at radius 2 is 1.35 bits per heavy atom. The highest BCUT2D eigenvalue weighted by Gasteiger charge is 2.53. The monoisotopic (exact) mass is 498 g/mol. The van der Waals surface area contributed by atoms with E-state index in [9.17, 15) is 14.0 Å². The average Bonchev–Trinajstić information content (AvgIpc) is 3.26. The number of amides is 3. The van der Waals surface area contributed by atoms with Crippen molar-refractivity contribution >= 4 is 23.6 Å². The number of fused-ring (bicyclic) bond motifs is 1. The minimum Gasteiger partial charge on any atom is -0.284 e. The van der Waals surface area contributed by atoms with E-state index in [4.69, 9.17) is 4.99 Å². The average molecular weight is 499 g/mol. The second-order valence-corrected chi connectivity index (χ2v) is 9.40. The summed E-state index contributed by atoms with van der Waals surface area (Å²) in [5.74, 6) is 0.475. The lowest BCUT2D eigenvalue weighted by atomic mass is 10.1. The van der Waals surface area contributed by atoms with Gasteiger partial charge in [-0.2, -0.15) is 0 Å². The number of likely N-dealkylation sites (N-methyl/N-ethyl adjacent to an activating group) is 2. The third kappa shape index (κ3) is 5.20. The van der Waals surface area contributed by atoms with Crippen LogP contribution in [-0.4, -0.2) is 69.6 Å². The van der Waals surface area contributed by atoms with Gasteiger partial charge in [-0.15, -0.1) is 0 Å². The van der Waals surface area contributed by atoms with E-state index in [-0.39, 0.29) is 11.7 Å². The molecule has 1 saturated heterocycles. The van der Waals surface area contributed by atoms with Crippen molar-refractivity contribution in [3.8, 4) is 0 Å². The van der Waals surface area contributed by atoms with Gasteiger partial charge >= 0.3 is 11.9 Å². The van der Waals surface area contributed by atoms with E-state index >= 15 is 0 Å². The lowest BCUT2D eigenvalue weighted by Gasteiger charge is -2.30. The van der Waals surface area contributed by atoms with Gasteiger partial charge in [0.15, 0.2) is 0 Å². The van der Waals surface area contributed by atoms with Crippen molar-refractivity contribution in [3.63, 3.8) is 0 Å². The van der Waals surface area contributed by atoms with Crippen LogP contribution in [0.15, 0.2) is 89.9 Å². The zero-order valence-electron chi connectivity index (χ0n) is 20.9. The number of amidine groups is 2. The molecule has 5 rings (SSSR count). The smallest absolute Gasteiger partial charge is 0.284 e. The van der Waals surface area contributed by atoms with E-state index in [0.717, 1.165) is 21.6 Å². The summed E-state index contributed by atoms with van der Waals surface area (Å²) in [7, 11) is 3.13. The number of halogens is 1. The molecule has 0 aromatic heterocycles. The molecule has 3 amide bonds. The third-order valence-electron chi connectivity index (χ3n) is 6.74. The summed E-state index contributed by atoms with van der Waals surface area (Å²) < 4.78 is 15.5. The van der Waals surface area contributed by atoms with Crippen molar-refractivity contribution in [1.29, 1.82) is 0 Å². The molecule has 37 heavy (non-hydrogen) atoms. The molecule has 2 heterocycles. The highest BCUT2D eigenvalue weighted by Crippen LogP contribution is 2.22. The van der Waals surface area contributed by atoms with Gasteiger partial charge in [-0.25, -0.2) is 13.8 Å². The summed E-state index contributed by atoms with van der Waals surface area (Å²) in [5, 5.41) is 0. The number of benzene rings is 3. The van der Waals surface area contributed by atoms with Crippen LogP contribution in [0, 0.1) is 5.82 Å². The van der Waals surface area contributed by atoms with E-state index in [0.29, 0.717) is 37.9 Å². The van der Waals surface area contributed by atoms with Gasteiger partial charge in [-0.3, -0.25) is 19.5 Å². The largest absolute Gasteiger partial charge is 0.333 e. The number of aliphatic imine (C=N–C) groups is 1. The molecule has 0 bridgehead atoms. The van der Waals surface area contributed by atoms with Crippen LogP contribution >= 0.6 is 0 Å². The number of carbonyl (C=O) groups excluding carboxylic acids is 2. The van der Waals surface area contributed by atoms with Crippen molar-refractivity contribution < 1.29 is 18.6 Å². The molecule has 188 valence electrons. The van der Waals surface area contributed by atoms with Crippen molar-refractivity contribution in [3.05, 3.63) is 107 Å². The van der Waals surface area contributed by atoms with Crippen LogP contribution in [0.5, 0.6) is 0 Å². The second kappa shape index (κ2) is 10.4. The summed E-state index contributed by atoms with van der Waals surface area (Å²) in [6, 6.07) is 25.5. The molecule has 2 aliphatic rings. The van der Waals surface area contributed by atoms with E-state index in [1.165, 1.54) is 24.1 Å². The van der Waals surface area contributed by atoms with E-state index < -0.39 is 12.1 Å². The number of nitrogens with zero attached hydrogens (tertiary/aromatic N) is 5. The SMILES string of the molecule is CN1C(=O)C2C(=NC(CN(Cc3ccccc3)Cc3ccccc3)=[N+]2Cc2ccc(F)cc2)N(C)C1=O. The van der Waals surface area contributed by atoms with Crippen LogP contribution in [0.4, 0.5) is 9.18 Å². The minimum absolute atomic E-state index is 0.318. The van der Waals surface area contributed by atoms with Gasteiger partial charge < -0.3 is 0 Å². The predicted molar refractivity (Wildman–Crippen MR) is 140 cm³/mol. The van der Waals surface area contributed by atoms with E-state index in [2.05, 4.69) is 29.2 Å². The summed E-state index contributed by atoms with van der Waals surface area (Å²) in [6.07, 6.45) is 0. The Kier molecular flexibility index (Phi) is 6.92. The zero-order chi connectivity index (χ0) is 25.9. The Bertz CT molecular complexity index is 1310. The Hall–Kier alpha value is -4.17. The molecule has 3 aromatic rings. The Labute approximate surface area is 215 Å². The van der Waals surface area contributed by atoms with Gasteiger partial charge in [-0.05, 0) is 33.8 Å². The fourth-order valence-corrected chi connectivity index (χ4v) is 4.80. The summed E-state index contributed by atoms with van der Waals surface area (Å²) in [5.41, 5.74) is 3.17. The standard InChI is InChI=1S/C29H29FN5O2/c1-32-27-26(28(36)33(2)29(32)37)35(19-23-13-15-24(30)16-14-23)25(31-27)20-34(17-21-9-5-3-6-10-21)18-22-11-7-4-8-12-22/h3-16,26H,17-20H2,1-2H3/q+1. The summed E-state index contributed by atoms with van der Waals surface area (Å²) >= 11 is 0. The normalized spacial score (nSPS) is 17.5. The predicted octanol–water partition coefficient (Wildman–Crippen LogP) is 3.74. The lowest BCUT2D eigenvalue weighted by Crippen LogP contribution is -2.61. The van der Waals surface area contributed by atoms with Crippen LogP contribution < -0.4 is 0 Å². The maximum atomic E-state index is 13.6. The van der Waals surface area contributed by atoms with Gasteiger partial charge in [0.05, 0.1) is 0 Å². The number of hydrogen-bond donors (Lipinski definition) is 0. The van der Waals surface area contributed by atoms with Crippen LogP contribution in [0.2, 0.25) is 0 Å². The fraction of sp³-hybridized carbons (Fsp3) is 0.241. The first-order chi connectivity index (χ1) is 17.9. The van der Waals surface area contributed by atoms with E-state index in [1.807, 2.05) is 41.0 Å². The zero-order valence-corrected chi connectivity index (χ0v) is 20.9. The highest BCUT2D eigenvalue weighted by atomic mass is 19.1. The van der Waals surface area contributed by atoms with Crippen LogP contribution in [0.1, 0.15) is 16.7 Å². The first kappa shape index (κ1) is 24.5. The molecule has 2 aliphatic heterocycles. The molecule has 0 aliphatic carbocycles. The number of urea groups is 1. The summed E-state index contributed by atoms with van der Waals surface area (Å²) in [4.78, 5) is 35.7. The molecule has 1 unspecified atom stereocenters. The third-order valence-corrected chi connectivity index (χ3v) is 6.74. The second-order valence-electron chi connectivity index (χ2n) is 9.40. The maximum absolute atomic E-state index is 13.6. The topological polar surface area (TPSA) is 59.2 Å². The van der Waals surface area contributed by atoms with Crippen LogP contribution in [-0.2, 0) is 24.4 Å². The highest BCUT2D eigenvalue weighted by molar-refractivity contribution is 6.23. The first-order valence-corrected chi connectivity index (χ1v) is 12.2. The van der Waals surface area contributed by atoms with Gasteiger partial charge in [0.2, 0.25) is 0 Å². The molecule has 1 fully saturated rings. The molecule has 7 nitrogen and oxygen atoms in total. The molecule has 0 radical (unpaired) electrons. The molecule has 0 spiro atoms. The van der Waals surface area contributed by atoms with Gasteiger partial charge in [0.1, 0.15) is 18.9 Å². The molecule has 0 N–H and O–H groups in total. The fourth-order valence-electron chi connectivity index (χ4n) is 4.80. The quantitative estimate of drug-likeness (QED) is 0.445. The molecule has 8 heteroatoms. The number of hydrogen-bond acceptors (Lipinski definition) is 4. The molecule has 3 aromatic carbocycles. The number of carbonyl (C=O) groups is 2. The van der Waals surface area contributed by atoms with Crippen LogP contribution in [0.3, 0.4) is 0 Å². The van der Waals surface area contributed by atoms with Crippen LogP contribution in [0.25, 0.3) is 0 Å². The van der Waals surface area contributed by atoms with Crippen molar-refractivity contribution in [1.82, 2.24) is 14.7 Å². The lowest BCUT2D eigenvalue weighted by molar-refractivity contribution is -0.552.